The lowest BCUT2D eigenvalue weighted by Gasteiger charge is -2.13. The Morgan fingerprint density at radius 1 is 1.00 bits per heavy atom. The molecule has 2 heterocycles. The van der Waals surface area contributed by atoms with Crippen LogP contribution >= 0.6 is 11.8 Å². The molecule has 0 atom stereocenters. The summed E-state index contributed by atoms with van der Waals surface area (Å²) >= 11 is 1.32. The van der Waals surface area contributed by atoms with Crippen LogP contribution in [0.15, 0.2) is 53.9 Å². The summed E-state index contributed by atoms with van der Waals surface area (Å²) in [7, 11) is 1.59. The second kappa shape index (κ2) is 10.6. The summed E-state index contributed by atoms with van der Waals surface area (Å²) in [5.41, 5.74) is 3.73. The van der Waals surface area contributed by atoms with E-state index in [9.17, 15) is 4.79 Å². The Hall–Kier alpha value is -3.13. The van der Waals surface area contributed by atoms with Crippen molar-refractivity contribution in [2.24, 2.45) is 0 Å². The number of hydrogen-bond donors (Lipinski definition) is 1. The molecular formula is C22H24N4O3S. The van der Waals surface area contributed by atoms with Crippen molar-refractivity contribution >= 4 is 17.7 Å². The number of aryl methyl sites for hydroxylation is 2. The third kappa shape index (κ3) is 6.45. The number of carbonyl (C=O) groups excluding carboxylic acids is 1. The summed E-state index contributed by atoms with van der Waals surface area (Å²) in [6.45, 7) is 4.65. The van der Waals surface area contributed by atoms with Crippen LogP contribution in [0.2, 0.25) is 0 Å². The normalized spacial score (nSPS) is 10.5. The fourth-order valence-corrected chi connectivity index (χ4v) is 3.50. The summed E-state index contributed by atoms with van der Waals surface area (Å²) in [5.74, 6) is 1.44. The molecule has 0 aliphatic heterocycles. The maximum absolute atomic E-state index is 12.2. The van der Waals surface area contributed by atoms with E-state index in [0.717, 1.165) is 22.5 Å². The van der Waals surface area contributed by atoms with E-state index in [1.165, 1.54) is 11.8 Å². The minimum atomic E-state index is -0.0836. The number of carbonyl (C=O) groups is 1. The van der Waals surface area contributed by atoms with Gasteiger partial charge in [0.2, 0.25) is 5.91 Å². The van der Waals surface area contributed by atoms with Gasteiger partial charge in [-0.25, -0.2) is 9.97 Å². The van der Waals surface area contributed by atoms with Crippen LogP contribution in [0.4, 0.5) is 0 Å². The first kappa shape index (κ1) is 21.6. The monoisotopic (exact) mass is 424 g/mol. The highest BCUT2D eigenvalue weighted by atomic mass is 32.2. The van der Waals surface area contributed by atoms with Crippen LogP contribution in [0.5, 0.6) is 11.5 Å². The van der Waals surface area contributed by atoms with E-state index in [1.54, 1.807) is 19.5 Å². The topological polar surface area (TPSA) is 86.2 Å². The number of amides is 1. The lowest BCUT2D eigenvalue weighted by molar-refractivity contribution is -0.118. The Bertz CT molecular complexity index is 979. The van der Waals surface area contributed by atoms with Crippen molar-refractivity contribution in [1.29, 1.82) is 0 Å². The van der Waals surface area contributed by atoms with E-state index in [-0.39, 0.29) is 11.7 Å². The van der Waals surface area contributed by atoms with Crippen LogP contribution in [0.25, 0.3) is 0 Å². The molecule has 3 aromatic rings. The largest absolute Gasteiger partial charge is 0.493 e. The fraction of sp³-hybridized carbons (Fsp3) is 0.273. The van der Waals surface area contributed by atoms with Crippen LogP contribution in [0.3, 0.4) is 0 Å². The van der Waals surface area contributed by atoms with E-state index >= 15 is 0 Å². The van der Waals surface area contributed by atoms with Gasteiger partial charge in [-0.2, -0.15) is 0 Å². The Kier molecular flexibility index (Phi) is 7.62. The molecule has 2 aromatic heterocycles. The van der Waals surface area contributed by atoms with Gasteiger partial charge in [-0.05, 0) is 55.3 Å². The van der Waals surface area contributed by atoms with E-state index < -0.39 is 0 Å². The fourth-order valence-electron chi connectivity index (χ4n) is 2.72. The van der Waals surface area contributed by atoms with Crippen molar-refractivity contribution in [3.05, 3.63) is 71.3 Å². The van der Waals surface area contributed by atoms with Gasteiger partial charge in [-0.1, -0.05) is 17.8 Å². The molecule has 1 amide bonds. The smallest absolute Gasteiger partial charge is 0.230 e. The van der Waals surface area contributed by atoms with Crippen LogP contribution < -0.4 is 14.8 Å². The van der Waals surface area contributed by atoms with Crippen molar-refractivity contribution in [2.45, 2.75) is 32.2 Å². The molecule has 0 bridgehead atoms. The van der Waals surface area contributed by atoms with Crippen LogP contribution in [-0.2, 0) is 17.9 Å². The first-order valence-corrected chi connectivity index (χ1v) is 10.4. The van der Waals surface area contributed by atoms with E-state index in [2.05, 4.69) is 20.3 Å². The second-order valence-electron chi connectivity index (χ2n) is 6.63. The average Bonchev–Trinajstić information content (AvgIpc) is 2.75. The molecule has 0 spiro atoms. The Morgan fingerprint density at radius 3 is 2.43 bits per heavy atom. The zero-order valence-electron chi connectivity index (χ0n) is 17.2. The number of benzene rings is 1. The number of methoxy groups -OCH3 is 1. The van der Waals surface area contributed by atoms with Gasteiger partial charge in [0, 0.05) is 30.3 Å². The van der Waals surface area contributed by atoms with E-state index in [1.807, 2.05) is 50.2 Å². The lowest BCUT2D eigenvalue weighted by Crippen LogP contribution is -2.24. The van der Waals surface area contributed by atoms with Gasteiger partial charge in [0.05, 0.1) is 12.9 Å². The molecule has 0 saturated heterocycles. The van der Waals surface area contributed by atoms with Crippen molar-refractivity contribution in [3.63, 3.8) is 0 Å². The number of hydrogen-bond acceptors (Lipinski definition) is 7. The van der Waals surface area contributed by atoms with Gasteiger partial charge in [0.25, 0.3) is 0 Å². The van der Waals surface area contributed by atoms with Gasteiger partial charge in [-0.15, -0.1) is 0 Å². The molecule has 7 nitrogen and oxygen atoms in total. The SMILES string of the molecule is COc1cc(CNC(=O)CSc2nc(C)cc(C)n2)ccc1OCc1ccncc1. The molecule has 156 valence electrons. The van der Waals surface area contributed by atoms with Crippen molar-refractivity contribution in [1.82, 2.24) is 20.3 Å². The maximum Gasteiger partial charge on any atom is 0.230 e. The molecule has 0 fully saturated rings. The molecule has 1 aromatic carbocycles. The number of nitrogens with zero attached hydrogens (tertiary/aromatic N) is 3. The van der Waals surface area contributed by atoms with Gasteiger partial charge in [0.15, 0.2) is 16.7 Å². The van der Waals surface area contributed by atoms with Gasteiger partial charge < -0.3 is 14.8 Å². The molecule has 3 rings (SSSR count). The molecule has 0 radical (unpaired) electrons. The maximum atomic E-state index is 12.2. The predicted molar refractivity (Wildman–Crippen MR) is 116 cm³/mol. The zero-order valence-corrected chi connectivity index (χ0v) is 18.0. The minimum Gasteiger partial charge on any atom is -0.493 e. The molecule has 0 aliphatic rings. The molecule has 0 saturated carbocycles. The predicted octanol–water partition coefficient (Wildman–Crippen LogP) is 3.48. The summed E-state index contributed by atoms with van der Waals surface area (Å²) < 4.78 is 11.3. The number of thioether (sulfide) groups is 1. The molecule has 30 heavy (non-hydrogen) atoms. The van der Waals surface area contributed by atoms with Gasteiger partial charge in [0.1, 0.15) is 6.61 Å². The van der Waals surface area contributed by atoms with E-state index in [4.69, 9.17) is 9.47 Å². The first-order chi connectivity index (χ1) is 14.5. The molecule has 1 N–H and O–H groups in total. The number of pyridine rings is 1. The Morgan fingerprint density at radius 2 is 1.73 bits per heavy atom. The number of aromatic nitrogens is 3. The van der Waals surface area contributed by atoms with Crippen molar-refractivity contribution < 1.29 is 14.3 Å². The van der Waals surface area contributed by atoms with Gasteiger partial charge in [-0.3, -0.25) is 9.78 Å². The summed E-state index contributed by atoms with van der Waals surface area (Å²) in [4.78, 5) is 24.9. The molecule has 0 unspecified atom stereocenters. The average molecular weight is 425 g/mol. The Labute approximate surface area is 180 Å². The molecule has 8 heteroatoms. The Balaban J connectivity index is 1.51. The number of rotatable bonds is 9. The third-order valence-electron chi connectivity index (χ3n) is 4.16. The van der Waals surface area contributed by atoms with Crippen LogP contribution in [0.1, 0.15) is 22.5 Å². The zero-order chi connectivity index (χ0) is 21.3. The standard InChI is InChI=1S/C22H24N4O3S/c1-15-10-16(2)26-22(25-15)30-14-21(27)24-12-18-4-5-19(20(11-18)28-3)29-13-17-6-8-23-9-7-17/h4-11H,12-14H2,1-3H3,(H,24,27). The summed E-state index contributed by atoms with van der Waals surface area (Å²) in [5, 5.41) is 3.52. The van der Waals surface area contributed by atoms with Gasteiger partial charge >= 0.3 is 0 Å². The van der Waals surface area contributed by atoms with Crippen LogP contribution in [0, 0.1) is 13.8 Å². The van der Waals surface area contributed by atoms with Crippen molar-refractivity contribution in [3.8, 4) is 11.5 Å². The second-order valence-corrected chi connectivity index (χ2v) is 7.57. The lowest BCUT2D eigenvalue weighted by atomic mass is 10.2. The quantitative estimate of drug-likeness (QED) is 0.416. The first-order valence-electron chi connectivity index (χ1n) is 9.44. The van der Waals surface area contributed by atoms with Crippen LogP contribution in [-0.4, -0.2) is 33.7 Å². The molecule has 0 aliphatic carbocycles. The number of nitrogens with one attached hydrogen (secondary N) is 1. The number of ether oxygens (including phenoxy) is 2. The van der Waals surface area contributed by atoms with E-state index in [0.29, 0.717) is 29.8 Å². The highest BCUT2D eigenvalue weighted by Crippen LogP contribution is 2.28. The summed E-state index contributed by atoms with van der Waals surface area (Å²) in [6.07, 6.45) is 3.46. The highest BCUT2D eigenvalue weighted by Gasteiger charge is 2.09. The molecular weight excluding hydrogens is 400 g/mol. The highest BCUT2D eigenvalue weighted by molar-refractivity contribution is 7.99. The summed E-state index contributed by atoms with van der Waals surface area (Å²) in [6, 6.07) is 11.3. The minimum absolute atomic E-state index is 0.0836. The van der Waals surface area contributed by atoms with Crippen molar-refractivity contribution in [2.75, 3.05) is 12.9 Å². The third-order valence-corrected chi connectivity index (χ3v) is 5.00.